The first-order valence-electron chi connectivity index (χ1n) is 8.44. The summed E-state index contributed by atoms with van der Waals surface area (Å²) in [5, 5.41) is 0. The van der Waals surface area contributed by atoms with E-state index in [1.165, 1.54) is 0 Å². The maximum atomic E-state index is 13.3. The van der Waals surface area contributed by atoms with Crippen LogP contribution in [0.25, 0.3) is 0 Å². The van der Waals surface area contributed by atoms with Crippen LogP contribution in [-0.4, -0.2) is 45.1 Å². The molecule has 0 N–H and O–H groups in total. The first kappa shape index (κ1) is 16.9. The van der Waals surface area contributed by atoms with Crippen LogP contribution in [0.2, 0.25) is 0 Å². The minimum absolute atomic E-state index is 0.0248. The van der Waals surface area contributed by atoms with Gasteiger partial charge in [0.1, 0.15) is 5.75 Å². The number of carbonyl (C=O) groups excluding carboxylic acids is 1. The molecule has 2 aliphatic heterocycles. The number of carbonyl (C=O) groups is 1. The molecular weight excluding hydrogens is 352 g/mol. The van der Waals surface area contributed by atoms with Gasteiger partial charge in [0, 0.05) is 5.69 Å². The molecule has 6 nitrogen and oxygen atoms in total. The van der Waals surface area contributed by atoms with E-state index in [4.69, 9.17) is 4.74 Å². The van der Waals surface area contributed by atoms with Gasteiger partial charge < -0.3 is 4.74 Å². The molecule has 0 aromatic heterocycles. The molecule has 7 heteroatoms. The van der Waals surface area contributed by atoms with E-state index in [0.29, 0.717) is 11.4 Å². The van der Waals surface area contributed by atoms with Gasteiger partial charge in [0.25, 0.3) is 0 Å². The lowest BCUT2D eigenvalue weighted by molar-refractivity contribution is 0.255. The Hall–Kier alpha value is -2.54. The quantitative estimate of drug-likeness (QED) is 0.777. The molecular formula is C19H20N2O4S. The van der Waals surface area contributed by atoms with Crippen molar-refractivity contribution in [1.29, 1.82) is 0 Å². The SMILES string of the molecule is COc1ccccc1N1C(=O)N(c2cccc(C)c2)[C@H]2CS(=O)(=O)C[C@@H]21. The Labute approximate surface area is 152 Å². The maximum absolute atomic E-state index is 13.3. The van der Waals surface area contributed by atoms with Crippen LogP contribution in [0.15, 0.2) is 48.5 Å². The van der Waals surface area contributed by atoms with Crippen LogP contribution in [0, 0.1) is 6.92 Å². The summed E-state index contributed by atoms with van der Waals surface area (Å²) < 4.78 is 30.1. The van der Waals surface area contributed by atoms with Gasteiger partial charge in [-0.25, -0.2) is 13.2 Å². The third-order valence-corrected chi connectivity index (χ3v) is 6.69. The Morgan fingerprint density at radius 3 is 2.38 bits per heavy atom. The number of amides is 2. The zero-order chi connectivity index (χ0) is 18.5. The van der Waals surface area contributed by atoms with Crippen molar-refractivity contribution < 1.29 is 17.9 Å². The highest BCUT2D eigenvalue weighted by Gasteiger charge is 2.54. The Bertz CT molecular complexity index is 973. The first-order valence-corrected chi connectivity index (χ1v) is 10.3. The van der Waals surface area contributed by atoms with Gasteiger partial charge in [-0.3, -0.25) is 9.80 Å². The number of fused-ring (bicyclic) bond motifs is 1. The molecule has 2 saturated heterocycles. The summed E-state index contributed by atoms with van der Waals surface area (Å²) in [5.74, 6) is 0.488. The number of methoxy groups -OCH3 is 1. The first-order chi connectivity index (χ1) is 12.4. The fourth-order valence-electron chi connectivity index (χ4n) is 3.89. The molecule has 0 saturated carbocycles. The average molecular weight is 372 g/mol. The van der Waals surface area contributed by atoms with Crippen LogP contribution in [0.4, 0.5) is 16.2 Å². The molecule has 2 atom stereocenters. The molecule has 0 bridgehead atoms. The predicted molar refractivity (Wildman–Crippen MR) is 101 cm³/mol. The number of benzene rings is 2. The second-order valence-electron chi connectivity index (χ2n) is 6.75. The molecule has 2 amide bonds. The second kappa shape index (κ2) is 6.02. The molecule has 2 aromatic carbocycles. The van der Waals surface area contributed by atoms with Crippen molar-refractivity contribution in [1.82, 2.24) is 0 Å². The fraction of sp³-hybridized carbons (Fsp3) is 0.316. The summed E-state index contributed by atoms with van der Waals surface area (Å²) in [6, 6.07) is 13.7. The Morgan fingerprint density at radius 2 is 1.69 bits per heavy atom. The van der Waals surface area contributed by atoms with E-state index in [1.807, 2.05) is 43.3 Å². The summed E-state index contributed by atoms with van der Waals surface area (Å²) in [7, 11) is -1.67. The third kappa shape index (κ3) is 2.63. The van der Waals surface area contributed by atoms with Crippen molar-refractivity contribution in [2.45, 2.75) is 19.0 Å². The van der Waals surface area contributed by atoms with E-state index in [-0.39, 0.29) is 17.5 Å². The predicted octanol–water partition coefficient (Wildman–Crippen LogP) is 2.62. The highest BCUT2D eigenvalue weighted by Crippen LogP contribution is 2.41. The Kier molecular flexibility index (Phi) is 3.91. The number of rotatable bonds is 3. The van der Waals surface area contributed by atoms with E-state index in [1.54, 1.807) is 29.0 Å². The van der Waals surface area contributed by atoms with Gasteiger partial charge in [0.15, 0.2) is 9.84 Å². The summed E-state index contributed by atoms with van der Waals surface area (Å²) >= 11 is 0. The summed E-state index contributed by atoms with van der Waals surface area (Å²) in [6.45, 7) is 1.95. The zero-order valence-electron chi connectivity index (χ0n) is 14.6. The van der Waals surface area contributed by atoms with Crippen LogP contribution in [-0.2, 0) is 9.84 Å². The van der Waals surface area contributed by atoms with Crippen molar-refractivity contribution in [3.8, 4) is 5.75 Å². The lowest BCUT2D eigenvalue weighted by Crippen LogP contribution is -2.38. The van der Waals surface area contributed by atoms with Crippen molar-refractivity contribution in [3.63, 3.8) is 0 Å². The number of urea groups is 1. The summed E-state index contributed by atoms with van der Waals surface area (Å²) in [5.41, 5.74) is 2.34. The van der Waals surface area contributed by atoms with Gasteiger partial charge in [-0.2, -0.15) is 0 Å². The number of hydrogen-bond acceptors (Lipinski definition) is 4. The normalized spacial score (nSPS) is 24.0. The standard InChI is InChI=1S/C19H20N2O4S/c1-13-6-5-7-14(10-13)20-16-11-26(23,24)12-17(16)21(19(20)22)15-8-3-4-9-18(15)25-2/h3-10,16-17H,11-12H2,1-2H3/t16-,17-/m0/s1. The smallest absolute Gasteiger partial charge is 0.329 e. The molecule has 0 spiro atoms. The topological polar surface area (TPSA) is 66.9 Å². The number of para-hydroxylation sites is 2. The van der Waals surface area contributed by atoms with Gasteiger partial charge >= 0.3 is 6.03 Å². The third-order valence-electron chi connectivity index (χ3n) is 4.99. The van der Waals surface area contributed by atoms with Gasteiger partial charge in [-0.05, 0) is 36.8 Å². The maximum Gasteiger partial charge on any atom is 0.329 e. The zero-order valence-corrected chi connectivity index (χ0v) is 15.4. The molecule has 4 rings (SSSR count). The van der Waals surface area contributed by atoms with Crippen LogP contribution in [0.3, 0.4) is 0 Å². The summed E-state index contributed by atoms with van der Waals surface area (Å²) in [4.78, 5) is 16.5. The minimum Gasteiger partial charge on any atom is -0.495 e. The van der Waals surface area contributed by atoms with Crippen molar-refractivity contribution >= 4 is 27.2 Å². The molecule has 0 aliphatic carbocycles. The van der Waals surface area contributed by atoms with Gasteiger partial charge in [0.05, 0.1) is 36.4 Å². The molecule has 2 fully saturated rings. The highest BCUT2D eigenvalue weighted by molar-refractivity contribution is 7.91. The number of sulfone groups is 1. The molecule has 26 heavy (non-hydrogen) atoms. The number of ether oxygens (including phenoxy) is 1. The monoisotopic (exact) mass is 372 g/mol. The van der Waals surface area contributed by atoms with Crippen LogP contribution in [0.1, 0.15) is 5.56 Å². The second-order valence-corrected chi connectivity index (χ2v) is 8.90. The van der Waals surface area contributed by atoms with Crippen molar-refractivity contribution in [3.05, 3.63) is 54.1 Å². The minimum atomic E-state index is -3.22. The van der Waals surface area contributed by atoms with Gasteiger partial charge in [-0.1, -0.05) is 24.3 Å². The van der Waals surface area contributed by atoms with E-state index < -0.39 is 21.9 Å². The van der Waals surface area contributed by atoms with Gasteiger partial charge in [-0.15, -0.1) is 0 Å². The van der Waals surface area contributed by atoms with Crippen LogP contribution >= 0.6 is 0 Å². The Balaban J connectivity index is 1.84. The number of aryl methyl sites for hydroxylation is 1. The van der Waals surface area contributed by atoms with E-state index in [2.05, 4.69) is 0 Å². The largest absolute Gasteiger partial charge is 0.495 e. The average Bonchev–Trinajstić information content (AvgIpc) is 3.03. The van der Waals surface area contributed by atoms with Gasteiger partial charge in [0.2, 0.25) is 0 Å². The fourth-order valence-corrected chi connectivity index (χ4v) is 5.81. The Morgan fingerprint density at radius 1 is 1.00 bits per heavy atom. The lowest BCUT2D eigenvalue weighted by atomic mass is 10.1. The molecule has 136 valence electrons. The molecule has 0 unspecified atom stereocenters. The van der Waals surface area contributed by atoms with Crippen molar-refractivity contribution in [2.24, 2.45) is 0 Å². The van der Waals surface area contributed by atoms with Crippen molar-refractivity contribution in [2.75, 3.05) is 28.4 Å². The van der Waals surface area contributed by atoms with Crippen LogP contribution in [0.5, 0.6) is 5.75 Å². The highest BCUT2D eigenvalue weighted by atomic mass is 32.2. The molecule has 0 radical (unpaired) electrons. The number of anilines is 2. The molecule has 2 aromatic rings. The molecule has 2 heterocycles. The molecule has 2 aliphatic rings. The number of nitrogens with zero attached hydrogens (tertiary/aromatic N) is 2. The summed E-state index contributed by atoms with van der Waals surface area (Å²) in [6.07, 6.45) is 0. The lowest BCUT2D eigenvalue weighted by Gasteiger charge is -2.24. The van der Waals surface area contributed by atoms with Crippen LogP contribution < -0.4 is 14.5 Å². The number of hydrogen-bond donors (Lipinski definition) is 0. The van der Waals surface area contributed by atoms with E-state index >= 15 is 0 Å². The van der Waals surface area contributed by atoms with E-state index in [0.717, 1.165) is 11.3 Å². The van der Waals surface area contributed by atoms with E-state index in [9.17, 15) is 13.2 Å².